The van der Waals surface area contributed by atoms with E-state index in [0.717, 1.165) is 6.07 Å². The molecule has 0 atom stereocenters. The molecule has 0 saturated carbocycles. The van der Waals surface area contributed by atoms with Gasteiger partial charge in [-0.15, -0.1) is 0 Å². The lowest BCUT2D eigenvalue weighted by Crippen LogP contribution is -2.10. The zero-order chi connectivity index (χ0) is 9.84. The zero-order valence-corrected chi connectivity index (χ0v) is 7.28. The SMILES string of the molecule is Fc1cccc(NCC(F)F)c1Cl. The molecule has 5 heteroatoms. The number of hydrogen-bond donors (Lipinski definition) is 1. The highest BCUT2D eigenvalue weighted by Crippen LogP contribution is 2.24. The Balaban J connectivity index is 2.71. The van der Waals surface area contributed by atoms with Crippen molar-refractivity contribution in [3.05, 3.63) is 29.0 Å². The second kappa shape index (κ2) is 4.37. The maximum atomic E-state index is 12.7. The van der Waals surface area contributed by atoms with E-state index in [1.165, 1.54) is 12.1 Å². The summed E-state index contributed by atoms with van der Waals surface area (Å²) < 4.78 is 36.3. The summed E-state index contributed by atoms with van der Waals surface area (Å²) in [6, 6.07) is 4.00. The minimum Gasteiger partial charge on any atom is -0.378 e. The Bertz CT molecular complexity index is 291. The average Bonchev–Trinajstić information content (AvgIpc) is 2.07. The summed E-state index contributed by atoms with van der Waals surface area (Å²) in [6.07, 6.45) is -2.49. The van der Waals surface area contributed by atoms with Gasteiger partial charge in [0.05, 0.1) is 17.3 Å². The lowest BCUT2D eigenvalue weighted by Gasteiger charge is -2.07. The lowest BCUT2D eigenvalue weighted by atomic mass is 10.3. The van der Waals surface area contributed by atoms with Gasteiger partial charge in [-0.05, 0) is 12.1 Å². The van der Waals surface area contributed by atoms with Gasteiger partial charge in [-0.3, -0.25) is 0 Å². The first-order chi connectivity index (χ1) is 6.11. The zero-order valence-electron chi connectivity index (χ0n) is 6.53. The van der Waals surface area contributed by atoms with Gasteiger partial charge < -0.3 is 5.32 Å². The topological polar surface area (TPSA) is 12.0 Å². The molecule has 0 fully saturated rings. The Morgan fingerprint density at radius 3 is 2.69 bits per heavy atom. The maximum Gasteiger partial charge on any atom is 0.255 e. The Labute approximate surface area is 78.5 Å². The van der Waals surface area contributed by atoms with Gasteiger partial charge in [-0.2, -0.15) is 0 Å². The molecule has 1 N–H and O–H groups in total. The smallest absolute Gasteiger partial charge is 0.255 e. The summed E-state index contributed by atoms with van der Waals surface area (Å²) in [4.78, 5) is 0. The van der Waals surface area contributed by atoms with Crippen LogP contribution in [0.15, 0.2) is 18.2 Å². The quantitative estimate of drug-likeness (QED) is 0.807. The van der Waals surface area contributed by atoms with Crippen LogP contribution < -0.4 is 5.32 Å². The van der Waals surface area contributed by atoms with Gasteiger partial charge in [0.2, 0.25) is 0 Å². The first-order valence-corrected chi connectivity index (χ1v) is 3.95. The van der Waals surface area contributed by atoms with Crippen molar-refractivity contribution in [2.24, 2.45) is 0 Å². The van der Waals surface area contributed by atoms with Gasteiger partial charge >= 0.3 is 0 Å². The van der Waals surface area contributed by atoms with Gasteiger partial charge in [0.15, 0.2) is 0 Å². The minimum atomic E-state index is -2.49. The molecule has 1 rings (SSSR count). The molecular formula is C8H7ClF3N. The van der Waals surface area contributed by atoms with Crippen LogP contribution in [0.4, 0.5) is 18.9 Å². The van der Waals surface area contributed by atoms with Crippen molar-refractivity contribution < 1.29 is 13.2 Å². The number of anilines is 1. The molecule has 0 radical (unpaired) electrons. The van der Waals surface area contributed by atoms with Crippen LogP contribution in [0.3, 0.4) is 0 Å². The standard InChI is InChI=1S/C8H7ClF3N/c9-8-5(10)2-1-3-6(8)13-4-7(11)12/h1-3,7,13H,4H2. The number of benzene rings is 1. The molecule has 13 heavy (non-hydrogen) atoms. The molecule has 1 aromatic rings. The van der Waals surface area contributed by atoms with Crippen molar-refractivity contribution in [3.63, 3.8) is 0 Å². The van der Waals surface area contributed by atoms with Crippen LogP contribution in [0.25, 0.3) is 0 Å². The first-order valence-electron chi connectivity index (χ1n) is 3.57. The van der Waals surface area contributed by atoms with E-state index in [2.05, 4.69) is 5.32 Å². The van der Waals surface area contributed by atoms with Gasteiger partial charge in [-0.1, -0.05) is 17.7 Å². The van der Waals surface area contributed by atoms with Gasteiger partial charge in [0.25, 0.3) is 6.43 Å². The van der Waals surface area contributed by atoms with Crippen LogP contribution in [0.1, 0.15) is 0 Å². The monoisotopic (exact) mass is 209 g/mol. The molecule has 0 amide bonds. The van der Waals surface area contributed by atoms with Gasteiger partial charge in [0, 0.05) is 0 Å². The predicted octanol–water partition coefficient (Wildman–Crippen LogP) is 3.16. The van der Waals surface area contributed by atoms with E-state index >= 15 is 0 Å². The summed E-state index contributed by atoms with van der Waals surface area (Å²) in [5.74, 6) is -0.624. The van der Waals surface area contributed by atoms with Crippen LogP contribution in [-0.2, 0) is 0 Å². The molecule has 0 unspecified atom stereocenters. The third-order valence-corrected chi connectivity index (χ3v) is 1.78. The number of alkyl halides is 2. The maximum absolute atomic E-state index is 12.7. The minimum absolute atomic E-state index is 0.164. The van der Waals surface area contributed by atoms with Crippen LogP contribution >= 0.6 is 11.6 Å². The normalized spacial score (nSPS) is 10.5. The molecule has 1 nitrogen and oxygen atoms in total. The lowest BCUT2D eigenvalue weighted by molar-refractivity contribution is 0.163. The fourth-order valence-corrected chi connectivity index (χ4v) is 1.02. The number of nitrogens with one attached hydrogen (secondary N) is 1. The Morgan fingerprint density at radius 2 is 2.08 bits per heavy atom. The van der Waals surface area contributed by atoms with Crippen molar-refractivity contribution in [2.75, 3.05) is 11.9 Å². The summed E-state index contributed by atoms with van der Waals surface area (Å²) in [6.45, 7) is -0.539. The van der Waals surface area contributed by atoms with Crippen LogP contribution in [-0.4, -0.2) is 13.0 Å². The Hall–Kier alpha value is -0.900. The van der Waals surface area contributed by atoms with Crippen molar-refractivity contribution in [3.8, 4) is 0 Å². The van der Waals surface area contributed by atoms with E-state index in [1.54, 1.807) is 0 Å². The summed E-state index contributed by atoms with van der Waals surface area (Å²) >= 11 is 5.49. The van der Waals surface area contributed by atoms with E-state index in [4.69, 9.17) is 11.6 Å². The van der Waals surface area contributed by atoms with E-state index in [0.29, 0.717) is 0 Å². The average molecular weight is 210 g/mol. The van der Waals surface area contributed by atoms with Crippen LogP contribution in [0.5, 0.6) is 0 Å². The molecule has 0 saturated heterocycles. The predicted molar refractivity (Wildman–Crippen MR) is 45.9 cm³/mol. The Kier molecular flexibility index (Phi) is 3.42. The van der Waals surface area contributed by atoms with Crippen molar-refractivity contribution in [1.82, 2.24) is 0 Å². The van der Waals surface area contributed by atoms with Gasteiger partial charge in [0.1, 0.15) is 5.82 Å². The molecule has 1 aromatic carbocycles. The first kappa shape index (κ1) is 10.2. The second-order valence-electron chi connectivity index (χ2n) is 2.37. The molecular weight excluding hydrogens is 203 g/mol. The summed E-state index contributed by atoms with van der Waals surface area (Å²) in [5, 5.41) is 2.17. The van der Waals surface area contributed by atoms with E-state index in [9.17, 15) is 13.2 Å². The Morgan fingerprint density at radius 1 is 1.38 bits per heavy atom. The van der Waals surface area contributed by atoms with Crippen molar-refractivity contribution >= 4 is 17.3 Å². The fourth-order valence-electron chi connectivity index (χ4n) is 0.827. The highest BCUT2D eigenvalue weighted by Gasteiger charge is 2.07. The molecule has 0 aliphatic carbocycles. The van der Waals surface area contributed by atoms with E-state index in [1.807, 2.05) is 0 Å². The largest absolute Gasteiger partial charge is 0.378 e. The third-order valence-electron chi connectivity index (χ3n) is 1.40. The number of hydrogen-bond acceptors (Lipinski definition) is 1. The number of rotatable bonds is 3. The summed E-state index contributed by atoms with van der Waals surface area (Å²) in [5.41, 5.74) is 0.182. The van der Waals surface area contributed by atoms with Crippen molar-refractivity contribution in [2.45, 2.75) is 6.43 Å². The molecule has 0 aliphatic rings. The van der Waals surface area contributed by atoms with E-state index in [-0.39, 0.29) is 10.7 Å². The molecule has 0 bridgehead atoms. The highest BCUT2D eigenvalue weighted by molar-refractivity contribution is 6.33. The summed E-state index contributed by atoms with van der Waals surface area (Å²) in [7, 11) is 0. The van der Waals surface area contributed by atoms with Gasteiger partial charge in [-0.25, -0.2) is 13.2 Å². The molecule has 72 valence electrons. The number of halogens is 4. The molecule has 0 aliphatic heterocycles. The molecule has 0 aromatic heterocycles. The second-order valence-corrected chi connectivity index (χ2v) is 2.75. The van der Waals surface area contributed by atoms with E-state index < -0.39 is 18.8 Å². The molecule has 0 spiro atoms. The fraction of sp³-hybridized carbons (Fsp3) is 0.250. The van der Waals surface area contributed by atoms with Crippen LogP contribution in [0, 0.1) is 5.82 Å². The van der Waals surface area contributed by atoms with Crippen LogP contribution in [0.2, 0.25) is 5.02 Å². The van der Waals surface area contributed by atoms with Crippen molar-refractivity contribution in [1.29, 1.82) is 0 Å². The molecule has 0 heterocycles. The highest BCUT2D eigenvalue weighted by atomic mass is 35.5. The third kappa shape index (κ3) is 2.81.